The number of ether oxygens (including phenoxy) is 2. The second-order valence-corrected chi connectivity index (χ2v) is 11.8. The quantitative estimate of drug-likeness (QED) is 0.615. The van der Waals surface area contributed by atoms with Crippen LogP contribution in [0.3, 0.4) is 0 Å². The summed E-state index contributed by atoms with van der Waals surface area (Å²) in [5.74, 6) is 0. The van der Waals surface area contributed by atoms with Crippen molar-refractivity contribution < 1.29 is 27.1 Å². The van der Waals surface area contributed by atoms with Crippen LogP contribution in [0.4, 0.5) is 9.18 Å². The van der Waals surface area contributed by atoms with Crippen LogP contribution in [0.15, 0.2) is 65.6 Å². The molecule has 0 radical (unpaired) electrons. The van der Waals surface area contributed by atoms with Crippen molar-refractivity contribution in [3.63, 3.8) is 0 Å². The third-order valence-corrected chi connectivity index (χ3v) is 9.56. The lowest BCUT2D eigenvalue weighted by molar-refractivity contribution is -0.135. The van der Waals surface area contributed by atoms with Crippen LogP contribution in [0.25, 0.3) is 0 Å². The summed E-state index contributed by atoms with van der Waals surface area (Å²) < 4.78 is 55.4. The molecule has 5 rings (SSSR count). The fourth-order valence-corrected chi connectivity index (χ4v) is 7.34. The predicted molar refractivity (Wildman–Crippen MR) is 136 cm³/mol. The molecule has 10 heteroatoms. The van der Waals surface area contributed by atoms with Crippen LogP contribution in [0, 0.1) is 0 Å². The number of nitrogens with zero attached hydrogens (tertiary/aromatic N) is 2. The van der Waals surface area contributed by atoms with Crippen molar-refractivity contribution in [2.24, 2.45) is 0 Å². The van der Waals surface area contributed by atoms with Gasteiger partial charge < -0.3 is 19.7 Å². The molecule has 2 unspecified atom stereocenters. The lowest BCUT2D eigenvalue weighted by Crippen LogP contribution is -2.64. The number of rotatable bonds is 6. The second-order valence-electron chi connectivity index (χ2n) is 9.92. The molecule has 2 aliphatic heterocycles. The number of hydrogen-bond acceptors (Lipinski definition) is 5. The van der Waals surface area contributed by atoms with E-state index in [1.165, 1.54) is 17.0 Å². The Balaban J connectivity index is 1.22. The van der Waals surface area contributed by atoms with E-state index in [0.717, 1.165) is 35.6 Å². The highest BCUT2D eigenvalue weighted by Gasteiger charge is 2.57. The number of amides is 2. The van der Waals surface area contributed by atoms with Crippen molar-refractivity contribution in [2.45, 2.75) is 67.6 Å². The summed E-state index contributed by atoms with van der Waals surface area (Å²) in [6.07, 6.45) is 1.95. The SMILES string of the molecule is O=C(N[C@H]1CCCC[C@@H]1OCc1ccccc1)N1CCC2(OCCN2S(=O)(=O)c2ccccc2)C(F)C1. The van der Waals surface area contributed by atoms with Gasteiger partial charge in [-0.3, -0.25) is 0 Å². The third-order valence-electron chi connectivity index (χ3n) is 7.62. The van der Waals surface area contributed by atoms with E-state index in [1.807, 2.05) is 30.3 Å². The monoisotopic (exact) mass is 531 g/mol. The number of nitrogens with one attached hydrogen (secondary N) is 1. The van der Waals surface area contributed by atoms with Crippen LogP contribution in [0.1, 0.15) is 37.7 Å². The van der Waals surface area contributed by atoms with Crippen molar-refractivity contribution in [2.75, 3.05) is 26.2 Å². The number of hydrogen-bond donors (Lipinski definition) is 1. The first-order chi connectivity index (χ1) is 17.9. The molecule has 2 saturated heterocycles. The second kappa shape index (κ2) is 11.1. The van der Waals surface area contributed by atoms with Gasteiger partial charge in [-0.15, -0.1) is 0 Å². The topological polar surface area (TPSA) is 88.2 Å². The Morgan fingerprint density at radius 3 is 2.49 bits per heavy atom. The minimum atomic E-state index is -3.94. The van der Waals surface area contributed by atoms with E-state index in [2.05, 4.69) is 5.32 Å². The van der Waals surface area contributed by atoms with E-state index < -0.39 is 21.9 Å². The Labute approximate surface area is 217 Å². The number of piperidine rings is 1. The van der Waals surface area contributed by atoms with Crippen LogP contribution in [0.5, 0.6) is 0 Å². The summed E-state index contributed by atoms with van der Waals surface area (Å²) >= 11 is 0. The Bertz CT molecular complexity index is 1170. The molecule has 200 valence electrons. The Kier molecular flexibility index (Phi) is 7.80. The van der Waals surface area contributed by atoms with Crippen LogP contribution < -0.4 is 5.32 Å². The minimum absolute atomic E-state index is 0.0618. The van der Waals surface area contributed by atoms with Gasteiger partial charge in [-0.2, -0.15) is 4.31 Å². The molecule has 37 heavy (non-hydrogen) atoms. The first-order valence-electron chi connectivity index (χ1n) is 13.0. The summed E-state index contributed by atoms with van der Waals surface area (Å²) in [6, 6.07) is 17.4. The summed E-state index contributed by atoms with van der Waals surface area (Å²) in [7, 11) is -3.94. The number of carbonyl (C=O) groups is 1. The summed E-state index contributed by atoms with van der Waals surface area (Å²) in [5, 5.41) is 3.06. The van der Waals surface area contributed by atoms with Gasteiger partial charge in [0.15, 0.2) is 11.9 Å². The molecular weight excluding hydrogens is 497 g/mol. The Morgan fingerprint density at radius 1 is 1.05 bits per heavy atom. The van der Waals surface area contributed by atoms with Gasteiger partial charge in [0.2, 0.25) is 10.0 Å². The molecule has 1 N–H and O–H groups in total. The fraction of sp³-hybridized carbons (Fsp3) is 0.519. The number of urea groups is 1. The maximum atomic E-state index is 15.7. The average Bonchev–Trinajstić information content (AvgIpc) is 3.36. The largest absolute Gasteiger partial charge is 0.371 e. The van der Waals surface area contributed by atoms with E-state index in [9.17, 15) is 13.2 Å². The van der Waals surface area contributed by atoms with Gasteiger partial charge in [0.1, 0.15) is 0 Å². The van der Waals surface area contributed by atoms with Gasteiger partial charge in [0, 0.05) is 19.5 Å². The highest BCUT2D eigenvalue weighted by atomic mass is 32.2. The van der Waals surface area contributed by atoms with E-state index in [0.29, 0.717) is 6.61 Å². The maximum Gasteiger partial charge on any atom is 0.317 e. The maximum absolute atomic E-state index is 15.7. The molecule has 3 fully saturated rings. The van der Waals surface area contributed by atoms with E-state index in [4.69, 9.17) is 9.47 Å². The summed E-state index contributed by atoms with van der Waals surface area (Å²) in [4.78, 5) is 14.7. The van der Waals surface area contributed by atoms with Crippen molar-refractivity contribution in [1.82, 2.24) is 14.5 Å². The van der Waals surface area contributed by atoms with Gasteiger partial charge >= 0.3 is 6.03 Å². The predicted octanol–water partition coefficient (Wildman–Crippen LogP) is 3.69. The molecule has 2 aromatic rings. The molecule has 4 atom stereocenters. The highest BCUT2D eigenvalue weighted by Crippen LogP contribution is 2.40. The fourth-order valence-electron chi connectivity index (χ4n) is 5.61. The van der Waals surface area contributed by atoms with Crippen molar-refractivity contribution in [3.8, 4) is 0 Å². The van der Waals surface area contributed by atoms with Crippen LogP contribution in [0.2, 0.25) is 0 Å². The van der Waals surface area contributed by atoms with Crippen LogP contribution in [-0.4, -0.2) is 73.9 Å². The molecule has 1 aliphatic carbocycles. The first-order valence-corrected chi connectivity index (χ1v) is 14.4. The molecule has 3 aliphatic rings. The molecule has 2 amide bonds. The molecule has 0 bridgehead atoms. The van der Waals surface area contributed by atoms with E-state index in [-0.39, 0.29) is 55.7 Å². The minimum Gasteiger partial charge on any atom is -0.371 e. The first kappa shape index (κ1) is 26.1. The van der Waals surface area contributed by atoms with E-state index >= 15 is 4.39 Å². The number of alkyl halides is 1. The van der Waals surface area contributed by atoms with Crippen molar-refractivity contribution in [1.29, 1.82) is 0 Å². The molecule has 8 nitrogen and oxygen atoms in total. The summed E-state index contributed by atoms with van der Waals surface area (Å²) in [6.45, 7) is 0.609. The molecule has 2 heterocycles. The standard InChI is InChI=1S/C27H34FN3O5S/c28-25-19-30(16-15-27(25)31(17-18-36-27)37(33,34)22-11-5-2-6-12-22)26(32)29-23-13-7-8-14-24(23)35-20-21-9-3-1-4-10-21/h1-6,9-12,23-25H,7-8,13-20H2,(H,29,32)/t23-,24-,25?,27?/m0/s1. The zero-order valence-electron chi connectivity index (χ0n) is 20.8. The number of sulfonamides is 1. The Hall–Kier alpha value is -2.53. The number of likely N-dealkylation sites (tertiary alicyclic amines) is 1. The highest BCUT2D eigenvalue weighted by molar-refractivity contribution is 7.89. The number of halogens is 1. The molecule has 1 saturated carbocycles. The van der Waals surface area contributed by atoms with Gasteiger partial charge in [0.05, 0.1) is 36.8 Å². The van der Waals surface area contributed by atoms with Gasteiger partial charge in [-0.1, -0.05) is 61.4 Å². The van der Waals surface area contributed by atoms with Crippen LogP contribution >= 0.6 is 0 Å². The normalized spacial score (nSPS) is 28.9. The lowest BCUT2D eigenvalue weighted by Gasteiger charge is -2.45. The average molecular weight is 532 g/mol. The van der Waals surface area contributed by atoms with Crippen molar-refractivity contribution >= 4 is 16.1 Å². The zero-order valence-corrected chi connectivity index (χ0v) is 21.6. The van der Waals surface area contributed by atoms with Gasteiger partial charge in [-0.25, -0.2) is 17.6 Å². The van der Waals surface area contributed by atoms with Gasteiger partial charge in [-0.05, 0) is 30.5 Å². The molecular formula is C27H34FN3O5S. The Morgan fingerprint density at radius 2 is 1.76 bits per heavy atom. The zero-order chi connectivity index (χ0) is 25.9. The van der Waals surface area contributed by atoms with E-state index in [1.54, 1.807) is 18.2 Å². The molecule has 1 spiro atoms. The third kappa shape index (κ3) is 5.38. The number of carbonyl (C=O) groups excluding carboxylic acids is 1. The summed E-state index contributed by atoms with van der Waals surface area (Å²) in [5.41, 5.74) is -0.524. The molecule has 2 aromatic carbocycles. The van der Waals surface area contributed by atoms with Crippen molar-refractivity contribution in [3.05, 3.63) is 66.2 Å². The van der Waals surface area contributed by atoms with Crippen LogP contribution in [-0.2, 0) is 26.1 Å². The lowest BCUT2D eigenvalue weighted by atomic mass is 9.92. The smallest absolute Gasteiger partial charge is 0.317 e. The van der Waals surface area contributed by atoms with Gasteiger partial charge in [0.25, 0.3) is 0 Å². The number of benzene rings is 2. The molecule has 0 aromatic heterocycles.